The molecule has 2 amide bonds. The standard InChI is InChI=1S/C23H11F3N2O4/c24-23(25,26)13-6-8-14(9-7-13)28-20(29)15-10-5-12(11-17(15)21(28)30)19-27-18-4-2-1-3-16(18)22(31)32-19/h1-11H. The van der Waals surface area contributed by atoms with Crippen LogP contribution in [0.5, 0.6) is 0 Å². The number of benzene rings is 3. The van der Waals surface area contributed by atoms with Crippen molar-refractivity contribution in [3.63, 3.8) is 0 Å². The van der Waals surface area contributed by atoms with Crippen LogP contribution in [0.3, 0.4) is 0 Å². The molecule has 9 heteroatoms. The Balaban J connectivity index is 1.54. The van der Waals surface area contributed by atoms with Crippen LogP contribution in [-0.4, -0.2) is 16.8 Å². The molecule has 0 saturated carbocycles. The number of rotatable bonds is 2. The average molecular weight is 436 g/mol. The van der Waals surface area contributed by atoms with Crippen molar-refractivity contribution >= 4 is 28.4 Å². The molecule has 5 rings (SSSR count). The largest absolute Gasteiger partial charge is 0.416 e. The number of carbonyl (C=O) groups excluding carboxylic acids is 2. The molecule has 0 bridgehead atoms. The molecule has 0 radical (unpaired) electrons. The van der Waals surface area contributed by atoms with E-state index in [1.165, 1.54) is 18.2 Å². The number of imide groups is 1. The summed E-state index contributed by atoms with van der Waals surface area (Å²) in [5, 5.41) is 0.303. The predicted molar refractivity (Wildman–Crippen MR) is 108 cm³/mol. The van der Waals surface area contributed by atoms with Crippen molar-refractivity contribution in [1.82, 2.24) is 4.98 Å². The lowest BCUT2D eigenvalue weighted by atomic mass is 10.1. The molecule has 1 aromatic heterocycles. The van der Waals surface area contributed by atoms with Gasteiger partial charge < -0.3 is 4.42 Å². The molecule has 0 unspecified atom stereocenters. The lowest BCUT2D eigenvalue weighted by molar-refractivity contribution is -0.137. The summed E-state index contributed by atoms with van der Waals surface area (Å²) in [6.45, 7) is 0. The molecule has 0 aliphatic carbocycles. The molecular formula is C23H11F3N2O4. The number of para-hydroxylation sites is 1. The Morgan fingerprint density at radius 3 is 2.22 bits per heavy atom. The second-order valence-corrected chi connectivity index (χ2v) is 7.07. The second-order valence-electron chi connectivity index (χ2n) is 7.07. The number of halogens is 3. The Morgan fingerprint density at radius 2 is 1.50 bits per heavy atom. The first-order valence-corrected chi connectivity index (χ1v) is 9.34. The third-order valence-corrected chi connectivity index (χ3v) is 5.12. The van der Waals surface area contributed by atoms with Crippen molar-refractivity contribution in [1.29, 1.82) is 0 Å². The van der Waals surface area contributed by atoms with Gasteiger partial charge in [-0.15, -0.1) is 0 Å². The van der Waals surface area contributed by atoms with Gasteiger partial charge in [-0.1, -0.05) is 12.1 Å². The van der Waals surface area contributed by atoms with Crippen LogP contribution in [0, 0.1) is 0 Å². The maximum atomic E-state index is 12.9. The van der Waals surface area contributed by atoms with E-state index in [9.17, 15) is 27.6 Å². The fourth-order valence-electron chi connectivity index (χ4n) is 3.55. The van der Waals surface area contributed by atoms with Crippen LogP contribution in [0.1, 0.15) is 26.3 Å². The number of hydrogen-bond acceptors (Lipinski definition) is 5. The molecule has 32 heavy (non-hydrogen) atoms. The highest BCUT2D eigenvalue weighted by molar-refractivity contribution is 6.34. The topological polar surface area (TPSA) is 80.5 Å². The van der Waals surface area contributed by atoms with Gasteiger partial charge in [0.25, 0.3) is 11.8 Å². The average Bonchev–Trinajstić information content (AvgIpc) is 3.03. The molecule has 4 aromatic rings. The van der Waals surface area contributed by atoms with E-state index in [0.29, 0.717) is 16.5 Å². The Morgan fingerprint density at radius 1 is 0.812 bits per heavy atom. The van der Waals surface area contributed by atoms with Gasteiger partial charge in [-0.05, 0) is 54.6 Å². The van der Waals surface area contributed by atoms with Crippen LogP contribution in [0.25, 0.3) is 22.4 Å². The van der Waals surface area contributed by atoms with Crippen LogP contribution < -0.4 is 10.5 Å². The number of hydrogen-bond donors (Lipinski definition) is 0. The molecular weight excluding hydrogens is 425 g/mol. The van der Waals surface area contributed by atoms with E-state index in [0.717, 1.165) is 29.2 Å². The second kappa shape index (κ2) is 6.88. The Kier molecular flexibility index (Phi) is 4.23. The first-order valence-electron chi connectivity index (χ1n) is 9.34. The Bertz CT molecular complexity index is 1470. The molecule has 0 spiro atoms. The maximum absolute atomic E-state index is 12.9. The first kappa shape index (κ1) is 19.7. The monoisotopic (exact) mass is 436 g/mol. The summed E-state index contributed by atoms with van der Waals surface area (Å²) in [6, 6.07) is 14.6. The van der Waals surface area contributed by atoms with Crippen molar-refractivity contribution in [2.45, 2.75) is 6.18 Å². The summed E-state index contributed by atoms with van der Waals surface area (Å²) in [4.78, 5) is 43.0. The number of nitrogens with zero attached hydrogens (tertiary/aromatic N) is 2. The van der Waals surface area contributed by atoms with Crippen molar-refractivity contribution in [3.8, 4) is 11.5 Å². The first-order chi connectivity index (χ1) is 15.2. The Hall–Kier alpha value is -4.27. The van der Waals surface area contributed by atoms with Crippen LogP contribution in [0.4, 0.5) is 18.9 Å². The number of amides is 2. The number of anilines is 1. The third kappa shape index (κ3) is 3.06. The minimum atomic E-state index is -4.54. The molecule has 0 atom stereocenters. The minimum Gasteiger partial charge on any atom is -0.403 e. The van der Waals surface area contributed by atoms with Gasteiger partial charge in [0.05, 0.1) is 33.3 Å². The summed E-state index contributed by atoms with van der Waals surface area (Å²) >= 11 is 0. The third-order valence-electron chi connectivity index (χ3n) is 5.12. The van der Waals surface area contributed by atoms with E-state index in [2.05, 4.69) is 4.98 Å². The molecule has 0 saturated heterocycles. The predicted octanol–water partition coefficient (Wildman–Crippen LogP) is 4.67. The van der Waals surface area contributed by atoms with Gasteiger partial charge in [0, 0.05) is 5.56 Å². The molecule has 0 fully saturated rings. The SMILES string of the molecule is O=C1c2ccc(-c3nc4ccccc4c(=O)o3)cc2C(=O)N1c1ccc(C(F)(F)F)cc1. The lowest BCUT2D eigenvalue weighted by Crippen LogP contribution is -2.29. The minimum absolute atomic E-state index is 0.0149. The zero-order valence-corrected chi connectivity index (χ0v) is 16.0. The van der Waals surface area contributed by atoms with Gasteiger partial charge in [0.15, 0.2) is 0 Å². The van der Waals surface area contributed by atoms with Gasteiger partial charge in [-0.2, -0.15) is 13.2 Å². The highest BCUT2D eigenvalue weighted by atomic mass is 19.4. The van der Waals surface area contributed by atoms with E-state index < -0.39 is 29.2 Å². The lowest BCUT2D eigenvalue weighted by Gasteiger charge is -2.15. The quantitative estimate of drug-likeness (QED) is 0.427. The molecule has 158 valence electrons. The summed E-state index contributed by atoms with van der Waals surface area (Å²) in [6.07, 6.45) is -4.54. The fourth-order valence-corrected chi connectivity index (χ4v) is 3.55. The fraction of sp³-hybridized carbons (Fsp3) is 0.0435. The van der Waals surface area contributed by atoms with Gasteiger partial charge in [-0.25, -0.2) is 14.7 Å². The number of aromatic nitrogens is 1. The summed E-state index contributed by atoms with van der Waals surface area (Å²) in [7, 11) is 0. The molecule has 6 nitrogen and oxygen atoms in total. The number of carbonyl (C=O) groups is 2. The molecule has 1 aliphatic heterocycles. The summed E-state index contributed by atoms with van der Waals surface area (Å²) < 4.78 is 43.7. The Labute approximate surface area is 177 Å². The number of fused-ring (bicyclic) bond motifs is 2. The summed E-state index contributed by atoms with van der Waals surface area (Å²) in [5.74, 6) is -1.39. The van der Waals surface area contributed by atoms with Crippen LogP contribution in [0.15, 0.2) is 75.9 Å². The van der Waals surface area contributed by atoms with Crippen LogP contribution in [0.2, 0.25) is 0 Å². The van der Waals surface area contributed by atoms with Gasteiger partial charge in [0.2, 0.25) is 5.89 Å². The highest BCUT2D eigenvalue weighted by Crippen LogP contribution is 2.34. The van der Waals surface area contributed by atoms with Gasteiger partial charge >= 0.3 is 11.8 Å². The summed E-state index contributed by atoms with van der Waals surface area (Å²) in [5.41, 5.74) is -0.639. The zero-order valence-electron chi connectivity index (χ0n) is 16.0. The molecule has 2 heterocycles. The molecule has 1 aliphatic rings. The van der Waals surface area contributed by atoms with Crippen LogP contribution in [-0.2, 0) is 6.18 Å². The normalized spacial score (nSPS) is 13.7. The maximum Gasteiger partial charge on any atom is 0.416 e. The van der Waals surface area contributed by atoms with Crippen LogP contribution >= 0.6 is 0 Å². The van der Waals surface area contributed by atoms with E-state index in [1.807, 2.05) is 0 Å². The molecule has 3 aromatic carbocycles. The highest BCUT2D eigenvalue weighted by Gasteiger charge is 2.38. The zero-order chi connectivity index (χ0) is 22.6. The smallest absolute Gasteiger partial charge is 0.403 e. The van der Waals surface area contributed by atoms with E-state index in [4.69, 9.17) is 4.42 Å². The molecule has 0 N–H and O–H groups in total. The van der Waals surface area contributed by atoms with E-state index >= 15 is 0 Å². The number of alkyl halides is 3. The van der Waals surface area contributed by atoms with E-state index in [1.54, 1.807) is 24.3 Å². The van der Waals surface area contributed by atoms with Gasteiger partial charge in [-0.3, -0.25) is 9.59 Å². The van der Waals surface area contributed by atoms with E-state index in [-0.39, 0.29) is 22.7 Å². The van der Waals surface area contributed by atoms with Crippen molar-refractivity contribution in [2.75, 3.05) is 4.90 Å². The van der Waals surface area contributed by atoms with Gasteiger partial charge in [0.1, 0.15) is 0 Å². The van der Waals surface area contributed by atoms with Crippen molar-refractivity contribution in [3.05, 3.63) is 93.8 Å². The van der Waals surface area contributed by atoms with Crippen molar-refractivity contribution in [2.24, 2.45) is 0 Å². The van der Waals surface area contributed by atoms with Crippen molar-refractivity contribution < 1.29 is 27.2 Å².